The number of hydrogen-bond acceptors (Lipinski definition) is 1. The molecule has 1 rings (SSSR count). The van der Waals surface area contributed by atoms with Gasteiger partial charge in [0, 0.05) is 12.1 Å². The van der Waals surface area contributed by atoms with Gasteiger partial charge in [0.15, 0.2) is 5.11 Å². The lowest BCUT2D eigenvalue weighted by Gasteiger charge is -2.17. The molecule has 0 heterocycles. The highest BCUT2D eigenvalue weighted by Gasteiger charge is 2.21. The highest BCUT2D eigenvalue weighted by Crippen LogP contribution is 2.24. The summed E-state index contributed by atoms with van der Waals surface area (Å²) in [4.78, 5) is 0. The molecule has 3 heteroatoms. The summed E-state index contributed by atoms with van der Waals surface area (Å²) in [5.41, 5.74) is 0. The normalized spacial score (nSPS) is 27.7. The summed E-state index contributed by atoms with van der Waals surface area (Å²) in [6, 6.07) is 1.03. The molecule has 2 atom stereocenters. The van der Waals surface area contributed by atoms with Gasteiger partial charge in [-0.05, 0) is 51.2 Å². The SMILES string of the molecule is CC1CCC(NC(=S)NC(C)C)C1. The predicted octanol–water partition coefficient (Wildman–Crippen LogP) is 2.05. The fraction of sp³-hybridized carbons (Fsp3) is 0.900. The van der Waals surface area contributed by atoms with Crippen molar-refractivity contribution in [3.05, 3.63) is 0 Å². The fourth-order valence-electron chi connectivity index (χ4n) is 1.83. The third-order valence-electron chi connectivity index (χ3n) is 2.45. The highest BCUT2D eigenvalue weighted by atomic mass is 32.1. The van der Waals surface area contributed by atoms with E-state index in [-0.39, 0.29) is 0 Å². The summed E-state index contributed by atoms with van der Waals surface area (Å²) < 4.78 is 0. The number of rotatable bonds is 2. The van der Waals surface area contributed by atoms with Crippen LogP contribution in [0, 0.1) is 5.92 Å². The van der Waals surface area contributed by atoms with Crippen LogP contribution >= 0.6 is 12.2 Å². The molecule has 0 aliphatic heterocycles. The standard InChI is InChI=1S/C10H20N2S/c1-7(2)11-10(13)12-9-5-4-8(3)6-9/h7-9H,4-6H2,1-3H3,(H2,11,12,13). The number of nitrogens with one attached hydrogen (secondary N) is 2. The molecule has 0 aromatic rings. The summed E-state index contributed by atoms with van der Waals surface area (Å²) in [5.74, 6) is 0.861. The van der Waals surface area contributed by atoms with E-state index in [1.165, 1.54) is 19.3 Å². The van der Waals surface area contributed by atoms with E-state index >= 15 is 0 Å². The molecule has 2 nitrogen and oxygen atoms in total. The van der Waals surface area contributed by atoms with Crippen molar-refractivity contribution < 1.29 is 0 Å². The molecule has 1 saturated carbocycles. The second-order valence-electron chi connectivity index (χ2n) is 4.39. The lowest BCUT2D eigenvalue weighted by Crippen LogP contribution is -2.43. The maximum Gasteiger partial charge on any atom is 0.166 e. The summed E-state index contributed by atoms with van der Waals surface area (Å²) >= 11 is 5.18. The molecule has 0 bridgehead atoms. The van der Waals surface area contributed by atoms with Crippen LogP contribution in [-0.2, 0) is 0 Å². The topological polar surface area (TPSA) is 24.1 Å². The van der Waals surface area contributed by atoms with Crippen molar-refractivity contribution in [3.63, 3.8) is 0 Å². The highest BCUT2D eigenvalue weighted by molar-refractivity contribution is 7.80. The molecule has 0 amide bonds. The van der Waals surface area contributed by atoms with Gasteiger partial charge in [0.1, 0.15) is 0 Å². The van der Waals surface area contributed by atoms with Crippen LogP contribution in [-0.4, -0.2) is 17.2 Å². The van der Waals surface area contributed by atoms with Crippen LogP contribution in [0.5, 0.6) is 0 Å². The third kappa shape index (κ3) is 3.94. The minimum atomic E-state index is 0.429. The molecule has 0 aromatic carbocycles. The van der Waals surface area contributed by atoms with Crippen molar-refractivity contribution in [1.82, 2.24) is 10.6 Å². The first-order valence-electron chi connectivity index (χ1n) is 5.15. The van der Waals surface area contributed by atoms with Crippen molar-refractivity contribution in [2.45, 2.75) is 52.1 Å². The van der Waals surface area contributed by atoms with Gasteiger partial charge < -0.3 is 10.6 Å². The monoisotopic (exact) mass is 200 g/mol. The van der Waals surface area contributed by atoms with Gasteiger partial charge in [-0.3, -0.25) is 0 Å². The Bertz CT molecular complexity index is 180. The molecule has 0 saturated heterocycles. The molecule has 1 aliphatic carbocycles. The molecule has 0 spiro atoms. The summed E-state index contributed by atoms with van der Waals surface area (Å²) in [7, 11) is 0. The molecule has 1 aliphatic rings. The summed E-state index contributed by atoms with van der Waals surface area (Å²) in [6.07, 6.45) is 3.86. The van der Waals surface area contributed by atoms with E-state index in [4.69, 9.17) is 12.2 Å². The zero-order chi connectivity index (χ0) is 9.84. The van der Waals surface area contributed by atoms with Crippen LogP contribution in [0.15, 0.2) is 0 Å². The number of hydrogen-bond donors (Lipinski definition) is 2. The van der Waals surface area contributed by atoms with Crippen molar-refractivity contribution in [1.29, 1.82) is 0 Å². The Morgan fingerprint density at radius 1 is 1.38 bits per heavy atom. The van der Waals surface area contributed by atoms with Crippen LogP contribution in [0.2, 0.25) is 0 Å². The average molecular weight is 200 g/mol. The smallest absolute Gasteiger partial charge is 0.166 e. The second kappa shape index (κ2) is 4.80. The van der Waals surface area contributed by atoms with Gasteiger partial charge in [0.05, 0.1) is 0 Å². The second-order valence-corrected chi connectivity index (χ2v) is 4.80. The van der Waals surface area contributed by atoms with E-state index in [0.29, 0.717) is 12.1 Å². The van der Waals surface area contributed by atoms with Crippen LogP contribution in [0.3, 0.4) is 0 Å². The molecular formula is C10H20N2S. The van der Waals surface area contributed by atoms with Gasteiger partial charge in [-0.1, -0.05) is 6.92 Å². The zero-order valence-corrected chi connectivity index (χ0v) is 9.58. The first-order chi connectivity index (χ1) is 6.08. The van der Waals surface area contributed by atoms with Crippen molar-refractivity contribution in [2.24, 2.45) is 5.92 Å². The van der Waals surface area contributed by atoms with Crippen molar-refractivity contribution >= 4 is 17.3 Å². The van der Waals surface area contributed by atoms with Gasteiger partial charge in [-0.15, -0.1) is 0 Å². The van der Waals surface area contributed by atoms with E-state index in [9.17, 15) is 0 Å². The van der Waals surface area contributed by atoms with Crippen LogP contribution in [0.25, 0.3) is 0 Å². The quantitative estimate of drug-likeness (QED) is 0.667. The van der Waals surface area contributed by atoms with E-state index in [0.717, 1.165) is 11.0 Å². The molecular weight excluding hydrogens is 180 g/mol. The lowest BCUT2D eigenvalue weighted by atomic mass is 10.1. The van der Waals surface area contributed by atoms with E-state index in [1.807, 2.05) is 0 Å². The Morgan fingerprint density at radius 3 is 2.54 bits per heavy atom. The maximum absolute atomic E-state index is 5.18. The largest absolute Gasteiger partial charge is 0.361 e. The Morgan fingerprint density at radius 2 is 2.08 bits per heavy atom. The first kappa shape index (κ1) is 10.8. The van der Waals surface area contributed by atoms with Crippen LogP contribution < -0.4 is 10.6 Å². The van der Waals surface area contributed by atoms with E-state index in [2.05, 4.69) is 31.4 Å². The minimum Gasteiger partial charge on any atom is -0.361 e. The molecule has 0 aromatic heterocycles. The Balaban J connectivity index is 2.21. The fourth-order valence-corrected chi connectivity index (χ4v) is 2.23. The van der Waals surface area contributed by atoms with E-state index < -0.39 is 0 Å². The molecule has 2 N–H and O–H groups in total. The average Bonchev–Trinajstić information content (AvgIpc) is 2.33. The molecule has 2 unspecified atom stereocenters. The Labute approximate surface area is 86.5 Å². The van der Waals surface area contributed by atoms with E-state index in [1.54, 1.807) is 0 Å². The molecule has 0 radical (unpaired) electrons. The minimum absolute atomic E-state index is 0.429. The van der Waals surface area contributed by atoms with Gasteiger partial charge in [-0.2, -0.15) is 0 Å². The third-order valence-corrected chi connectivity index (χ3v) is 2.69. The van der Waals surface area contributed by atoms with Gasteiger partial charge >= 0.3 is 0 Å². The zero-order valence-electron chi connectivity index (χ0n) is 8.76. The molecule has 1 fully saturated rings. The van der Waals surface area contributed by atoms with Crippen molar-refractivity contribution in [3.8, 4) is 0 Å². The van der Waals surface area contributed by atoms with Gasteiger partial charge in [0.2, 0.25) is 0 Å². The first-order valence-corrected chi connectivity index (χ1v) is 5.55. The molecule has 13 heavy (non-hydrogen) atoms. The summed E-state index contributed by atoms with van der Waals surface area (Å²) in [6.45, 7) is 6.51. The predicted molar refractivity (Wildman–Crippen MR) is 60.8 cm³/mol. The molecule has 76 valence electrons. The number of thiocarbonyl (C=S) groups is 1. The van der Waals surface area contributed by atoms with Crippen molar-refractivity contribution in [2.75, 3.05) is 0 Å². The Kier molecular flexibility index (Phi) is 3.97. The van der Waals surface area contributed by atoms with Gasteiger partial charge in [-0.25, -0.2) is 0 Å². The van der Waals surface area contributed by atoms with Crippen LogP contribution in [0.4, 0.5) is 0 Å². The lowest BCUT2D eigenvalue weighted by molar-refractivity contribution is 0.563. The Hall–Kier alpha value is -0.310. The van der Waals surface area contributed by atoms with Crippen LogP contribution in [0.1, 0.15) is 40.0 Å². The van der Waals surface area contributed by atoms with Gasteiger partial charge in [0.25, 0.3) is 0 Å². The maximum atomic E-state index is 5.18. The summed E-state index contributed by atoms with van der Waals surface area (Å²) in [5, 5.41) is 7.38.